The van der Waals surface area contributed by atoms with Crippen LogP contribution in [0.5, 0.6) is 0 Å². The van der Waals surface area contributed by atoms with Crippen molar-refractivity contribution in [2.24, 2.45) is 7.05 Å². The van der Waals surface area contributed by atoms with Gasteiger partial charge in [0.2, 0.25) is 0 Å². The summed E-state index contributed by atoms with van der Waals surface area (Å²) in [7, 11) is 1.87. The Morgan fingerprint density at radius 3 is 3.07 bits per heavy atom. The highest BCUT2D eigenvalue weighted by Crippen LogP contribution is 2.13. The molecule has 0 N–H and O–H groups in total. The van der Waals surface area contributed by atoms with Gasteiger partial charge in [0, 0.05) is 13.2 Å². The first-order valence-electron chi connectivity index (χ1n) is 4.49. The van der Waals surface area contributed by atoms with Crippen LogP contribution in [-0.2, 0) is 7.05 Å². The Hall–Kier alpha value is -2.24. The van der Waals surface area contributed by atoms with Crippen LogP contribution in [0, 0.1) is 0 Å². The van der Waals surface area contributed by atoms with Crippen molar-refractivity contribution in [2.75, 3.05) is 0 Å². The summed E-state index contributed by atoms with van der Waals surface area (Å²) in [5.41, 5.74) is 1.77. The Labute approximate surface area is 85.2 Å². The second-order valence-corrected chi connectivity index (χ2v) is 3.21. The van der Waals surface area contributed by atoms with E-state index >= 15 is 0 Å². The predicted octanol–water partition coefficient (Wildman–Crippen LogP) is 0.549. The van der Waals surface area contributed by atoms with Gasteiger partial charge < -0.3 is 4.57 Å². The number of aromatic nitrogens is 6. The topological polar surface area (TPSA) is 61.4 Å². The largest absolute Gasteiger partial charge is 0.301 e. The van der Waals surface area contributed by atoms with Crippen LogP contribution in [0.15, 0.2) is 30.9 Å². The molecule has 0 aliphatic rings. The Bertz CT molecular complexity index is 608. The van der Waals surface area contributed by atoms with E-state index in [0.717, 1.165) is 11.0 Å². The average Bonchev–Trinajstić information content (AvgIpc) is 2.83. The summed E-state index contributed by atoms with van der Waals surface area (Å²) in [6.45, 7) is 0. The number of fused-ring (bicyclic) bond motifs is 1. The molecule has 6 heteroatoms. The molecule has 0 aliphatic heterocycles. The molecule has 0 saturated heterocycles. The minimum atomic E-state index is 0.679. The molecule has 15 heavy (non-hydrogen) atoms. The molecule has 0 aromatic carbocycles. The molecule has 0 spiro atoms. The molecular formula is C9H8N6. The fourth-order valence-electron chi connectivity index (χ4n) is 1.49. The van der Waals surface area contributed by atoms with E-state index in [1.165, 1.54) is 0 Å². The molecule has 3 rings (SSSR count). The van der Waals surface area contributed by atoms with Gasteiger partial charge in [0.05, 0.1) is 11.7 Å². The van der Waals surface area contributed by atoms with Crippen LogP contribution < -0.4 is 0 Å². The van der Waals surface area contributed by atoms with Crippen LogP contribution in [-0.4, -0.2) is 29.5 Å². The van der Waals surface area contributed by atoms with Gasteiger partial charge >= 0.3 is 0 Å². The minimum Gasteiger partial charge on any atom is -0.301 e. The Balaban J connectivity index is 2.32. The average molecular weight is 200 g/mol. The Kier molecular flexibility index (Phi) is 1.55. The van der Waals surface area contributed by atoms with E-state index < -0.39 is 0 Å². The van der Waals surface area contributed by atoms with Crippen molar-refractivity contribution in [2.45, 2.75) is 0 Å². The van der Waals surface area contributed by atoms with Gasteiger partial charge in [-0.1, -0.05) is 0 Å². The number of pyridine rings is 1. The molecule has 0 amide bonds. The summed E-state index contributed by atoms with van der Waals surface area (Å²) in [6, 6.07) is 3.82. The smallest absolute Gasteiger partial charge is 0.252 e. The first kappa shape index (κ1) is 8.10. The zero-order valence-corrected chi connectivity index (χ0v) is 8.07. The number of aryl methyl sites for hydroxylation is 1. The van der Waals surface area contributed by atoms with Gasteiger partial charge in [-0.05, 0) is 12.1 Å². The van der Waals surface area contributed by atoms with E-state index in [1.807, 2.05) is 19.2 Å². The standard InChI is InChI=1S/C9H8N6/c1-14-6-11-13-9(14)15-8-3-2-4-10-7(8)5-12-15/h2-6H,1H3. The third kappa shape index (κ3) is 1.11. The van der Waals surface area contributed by atoms with Crippen molar-refractivity contribution in [3.63, 3.8) is 0 Å². The third-order valence-electron chi connectivity index (χ3n) is 2.22. The molecule has 0 fully saturated rings. The van der Waals surface area contributed by atoms with E-state index in [1.54, 1.807) is 28.0 Å². The summed E-state index contributed by atoms with van der Waals surface area (Å²) in [5, 5.41) is 12.0. The minimum absolute atomic E-state index is 0.679. The number of hydrogen-bond acceptors (Lipinski definition) is 4. The van der Waals surface area contributed by atoms with Crippen LogP contribution in [0.2, 0.25) is 0 Å². The lowest BCUT2D eigenvalue weighted by atomic mass is 10.4. The highest BCUT2D eigenvalue weighted by molar-refractivity contribution is 5.74. The van der Waals surface area contributed by atoms with Crippen molar-refractivity contribution in [1.29, 1.82) is 0 Å². The van der Waals surface area contributed by atoms with E-state index in [4.69, 9.17) is 0 Å². The Morgan fingerprint density at radius 2 is 2.27 bits per heavy atom. The van der Waals surface area contributed by atoms with E-state index in [0.29, 0.717) is 5.95 Å². The maximum absolute atomic E-state index is 4.23. The molecule has 0 atom stereocenters. The predicted molar refractivity (Wildman–Crippen MR) is 53.4 cm³/mol. The summed E-state index contributed by atoms with van der Waals surface area (Å²) < 4.78 is 3.52. The maximum atomic E-state index is 4.23. The molecular weight excluding hydrogens is 192 g/mol. The molecule has 0 saturated carbocycles. The maximum Gasteiger partial charge on any atom is 0.252 e. The van der Waals surface area contributed by atoms with Crippen molar-refractivity contribution in [3.8, 4) is 5.95 Å². The van der Waals surface area contributed by atoms with Gasteiger partial charge in [0.15, 0.2) is 0 Å². The Morgan fingerprint density at radius 1 is 1.33 bits per heavy atom. The molecule has 3 heterocycles. The molecule has 6 nitrogen and oxygen atoms in total. The lowest BCUT2D eigenvalue weighted by molar-refractivity contribution is 0.766. The van der Waals surface area contributed by atoms with Gasteiger partial charge in [-0.2, -0.15) is 9.78 Å². The van der Waals surface area contributed by atoms with Crippen molar-refractivity contribution in [1.82, 2.24) is 29.5 Å². The monoisotopic (exact) mass is 200 g/mol. The normalized spacial score (nSPS) is 11.0. The van der Waals surface area contributed by atoms with Crippen LogP contribution in [0.3, 0.4) is 0 Å². The van der Waals surface area contributed by atoms with Gasteiger partial charge in [-0.25, -0.2) is 0 Å². The van der Waals surface area contributed by atoms with Crippen molar-refractivity contribution in [3.05, 3.63) is 30.9 Å². The molecule has 3 aromatic rings. The van der Waals surface area contributed by atoms with Crippen LogP contribution in [0.25, 0.3) is 17.0 Å². The third-order valence-corrected chi connectivity index (χ3v) is 2.22. The summed E-state index contributed by atoms with van der Waals surface area (Å²) in [6.07, 6.45) is 5.09. The van der Waals surface area contributed by atoms with Gasteiger partial charge in [-0.15, -0.1) is 10.2 Å². The summed E-state index contributed by atoms with van der Waals surface area (Å²) in [4.78, 5) is 4.20. The second-order valence-electron chi connectivity index (χ2n) is 3.21. The van der Waals surface area contributed by atoms with E-state index in [2.05, 4.69) is 20.3 Å². The molecule has 0 bridgehead atoms. The fourth-order valence-corrected chi connectivity index (χ4v) is 1.49. The zero-order valence-electron chi connectivity index (χ0n) is 8.07. The molecule has 74 valence electrons. The first-order valence-corrected chi connectivity index (χ1v) is 4.49. The number of hydrogen-bond donors (Lipinski definition) is 0. The number of rotatable bonds is 1. The quantitative estimate of drug-likeness (QED) is 0.575. The number of nitrogens with zero attached hydrogens (tertiary/aromatic N) is 6. The van der Waals surface area contributed by atoms with Crippen LogP contribution >= 0.6 is 0 Å². The molecule has 0 radical (unpaired) electrons. The molecule has 0 aliphatic carbocycles. The van der Waals surface area contributed by atoms with Crippen molar-refractivity contribution >= 4 is 11.0 Å². The van der Waals surface area contributed by atoms with Crippen LogP contribution in [0.1, 0.15) is 0 Å². The molecule has 0 unspecified atom stereocenters. The highest BCUT2D eigenvalue weighted by Gasteiger charge is 2.08. The van der Waals surface area contributed by atoms with Gasteiger partial charge in [0.1, 0.15) is 11.8 Å². The molecule has 3 aromatic heterocycles. The van der Waals surface area contributed by atoms with E-state index in [9.17, 15) is 0 Å². The lowest BCUT2D eigenvalue weighted by Crippen LogP contribution is -2.03. The summed E-state index contributed by atoms with van der Waals surface area (Å²) in [5.74, 6) is 0.679. The van der Waals surface area contributed by atoms with E-state index in [-0.39, 0.29) is 0 Å². The fraction of sp³-hybridized carbons (Fsp3) is 0.111. The SMILES string of the molecule is Cn1cnnc1-n1ncc2ncccc21. The first-order chi connectivity index (χ1) is 7.36. The zero-order chi connectivity index (χ0) is 10.3. The highest BCUT2D eigenvalue weighted by atomic mass is 15.4. The van der Waals surface area contributed by atoms with Gasteiger partial charge in [-0.3, -0.25) is 4.98 Å². The van der Waals surface area contributed by atoms with Crippen LogP contribution in [0.4, 0.5) is 0 Å². The summed E-state index contributed by atoms with van der Waals surface area (Å²) >= 11 is 0. The second kappa shape index (κ2) is 2.88. The lowest BCUT2D eigenvalue weighted by Gasteiger charge is -2.00. The van der Waals surface area contributed by atoms with Gasteiger partial charge in [0.25, 0.3) is 5.95 Å². The van der Waals surface area contributed by atoms with Crippen molar-refractivity contribution < 1.29 is 0 Å².